The summed E-state index contributed by atoms with van der Waals surface area (Å²) in [5, 5.41) is 3.07. The lowest BCUT2D eigenvalue weighted by Crippen LogP contribution is -2.50. The molecule has 0 spiro atoms. The Morgan fingerprint density at radius 1 is 1.43 bits per heavy atom. The summed E-state index contributed by atoms with van der Waals surface area (Å²) in [5.41, 5.74) is 0. The zero-order valence-electron chi connectivity index (χ0n) is 12.8. The highest BCUT2D eigenvalue weighted by Gasteiger charge is 2.26. The van der Waals surface area contributed by atoms with Crippen LogP contribution in [0.3, 0.4) is 0 Å². The minimum Gasteiger partial charge on any atom is -0.458 e. The number of hydrogen-bond acceptors (Lipinski definition) is 4. The van der Waals surface area contributed by atoms with E-state index in [9.17, 15) is 4.79 Å². The number of rotatable bonds is 5. The SMILES string of the molecule is CCC(CC)NC(=O)N1CCCC(Oc2ncccn2)C1. The third kappa shape index (κ3) is 4.58. The second kappa shape index (κ2) is 7.81. The van der Waals surface area contributed by atoms with Crippen molar-refractivity contribution in [1.29, 1.82) is 0 Å². The molecular formula is C15H24N4O2. The van der Waals surface area contributed by atoms with Crippen molar-refractivity contribution in [3.63, 3.8) is 0 Å². The molecule has 0 saturated carbocycles. The molecular weight excluding hydrogens is 268 g/mol. The van der Waals surface area contributed by atoms with Gasteiger partial charge in [-0.2, -0.15) is 0 Å². The molecule has 1 aromatic rings. The first-order chi connectivity index (χ1) is 10.2. The highest BCUT2D eigenvalue weighted by atomic mass is 16.5. The topological polar surface area (TPSA) is 67.4 Å². The number of carbonyl (C=O) groups is 1. The van der Waals surface area contributed by atoms with Gasteiger partial charge >= 0.3 is 12.0 Å². The predicted octanol–water partition coefficient (Wildman–Crippen LogP) is 2.22. The Morgan fingerprint density at radius 3 is 2.81 bits per heavy atom. The van der Waals surface area contributed by atoms with E-state index in [-0.39, 0.29) is 18.2 Å². The standard InChI is InChI=1S/C15H24N4O2/c1-3-12(4-2)18-15(20)19-10-5-7-13(11-19)21-14-16-8-6-9-17-14/h6,8-9,12-13H,3-5,7,10-11H2,1-2H3,(H,18,20). The number of ether oxygens (including phenoxy) is 1. The normalized spacial score (nSPS) is 18.6. The van der Waals surface area contributed by atoms with Crippen molar-refractivity contribution < 1.29 is 9.53 Å². The van der Waals surface area contributed by atoms with Gasteiger partial charge in [0.1, 0.15) is 6.10 Å². The van der Waals surface area contributed by atoms with Crippen molar-refractivity contribution in [1.82, 2.24) is 20.2 Å². The zero-order valence-corrected chi connectivity index (χ0v) is 12.8. The highest BCUT2D eigenvalue weighted by Crippen LogP contribution is 2.15. The Labute approximate surface area is 125 Å². The second-order valence-corrected chi connectivity index (χ2v) is 5.32. The van der Waals surface area contributed by atoms with Crippen LogP contribution < -0.4 is 10.1 Å². The summed E-state index contributed by atoms with van der Waals surface area (Å²) in [7, 11) is 0. The van der Waals surface area contributed by atoms with Crippen LogP contribution in [0.2, 0.25) is 0 Å². The van der Waals surface area contributed by atoms with E-state index in [0.29, 0.717) is 12.6 Å². The molecule has 1 aliphatic rings. The van der Waals surface area contributed by atoms with Crippen molar-refractivity contribution in [2.45, 2.75) is 51.7 Å². The van der Waals surface area contributed by atoms with Gasteiger partial charge in [-0.05, 0) is 31.7 Å². The monoisotopic (exact) mass is 292 g/mol. The van der Waals surface area contributed by atoms with E-state index in [4.69, 9.17) is 4.74 Å². The smallest absolute Gasteiger partial charge is 0.317 e. The number of hydrogen-bond donors (Lipinski definition) is 1. The van der Waals surface area contributed by atoms with Crippen molar-refractivity contribution >= 4 is 6.03 Å². The molecule has 6 nitrogen and oxygen atoms in total. The third-order valence-electron chi connectivity index (χ3n) is 3.79. The van der Waals surface area contributed by atoms with Gasteiger partial charge in [-0.1, -0.05) is 13.8 Å². The van der Waals surface area contributed by atoms with E-state index in [0.717, 1.165) is 32.2 Å². The van der Waals surface area contributed by atoms with Crippen LogP contribution in [0.4, 0.5) is 4.79 Å². The van der Waals surface area contributed by atoms with Gasteiger partial charge < -0.3 is 15.0 Å². The maximum Gasteiger partial charge on any atom is 0.317 e. The molecule has 1 atom stereocenters. The van der Waals surface area contributed by atoms with Gasteiger partial charge in [0, 0.05) is 25.0 Å². The van der Waals surface area contributed by atoms with Gasteiger partial charge in [-0.25, -0.2) is 14.8 Å². The molecule has 1 fully saturated rings. The maximum absolute atomic E-state index is 12.3. The molecule has 1 saturated heterocycles. The Bertz CT molecular complexity index is 437. The number of nitrogens with one attached hydrogen (secondary N) is 1. The first kappa shape index (κ1) is 15.5. The Morgan fingerprint density at radius 2 is 2.14 bits per heavy atom. The van der Waals surface area contributed by atoms with Gasteiger partial charge in [-0.3, -0.25) is 0 Å². The fourth-order valence-electron chi connectivity index (χ4n) is 2.47. The van der Waals surface area contributed by atoms with Crippen LogP contribution in [0.5, 0.6) is 6.01 Å². The lowest BCUT2D eigenvalue weighted by atomic mass is 10.1. The molecule has 0 bridgehead atoms. The third-order valence-corrected chi connectivity index (χ3v) is 3.79. The van der Waals surface area contributed by atoms with Gasteiger partial charge in [0.05, 0.1) is 6.54 Å². The van der Waals surface area contributed by atoms with E-state index in [1.807, 2.05) is 4.90 Å². The molecule has 0 aromatic carbocycles. The maximum atomic E-state index is 12.3. The van der Waals surface area contributed by atoms with Crippen LogP contribution in [0.1, 0.15) is 39.5 Å². The van der Waals surface area contributed by atoms with E-state index in [1.165, 1.54) is 0 Å². The lowest BCUT2D eigenvalue weighted by molar-refractivity contribution is 0.0927. The van der Waals surface area contributed by atoms with E-state index in [2.05, 4.69) is 29.1 Å². The summed E-state index contributed by atoms with van der Waals surface area (Å²) < 4.78 is 5.75. The molecule has 0 radical (unpaired) electrons. The predicted molar refractivity (Wildman–Crippen MR) is 80.2 cm³/mol. The molecule has 0 aliphatic carbocycles. The molecule has 1 aliphatic heterocycles. The van der Waals surface area contributed by atoms with Gasteiger partial charge in [0.25, 0.3) is 0 Å². The first-order valence-corrected chi connectivity index (χ1v) is 7.72. The van der Waals surface area contributed by atoms with Crippen molar-refractivity contribution in [2.24, 2.45) is 0 Å². The highest BCUT2D eigenvalue weighted by molar-refractivity contribution is 5.74. The Balaban J connectivity index is 1.87. The van der Waals surface area contributed by atoms with Crippen molar-refractivity contribution in [3.8, 4) is 6.01 Å². The Hall–Kier alpha value is -1.85. The van der Waals surface area contributed by atoms with Crippen LogP contribution >= 0.6 is 0 Å². The molecule has 2 heterocycles. The van der Waals surface area contributed by atoms with Gasteiger partial charge in [0.15, 0.2) is 0 Å². The molecule has 116 valence electrons. The number of aromatic nitrogens is 2. The van der Waals surface area contributed by atoms with Gasteiger partial charge in [0.2, 0.25) is 0 Å². The number of likely N-dealkylation sites (tertiary alicyclic amines) is 1. The van der Waals surface area contributed by atoms with Crippen molar-refractivity contribution in [3.05, 3.63) is 18.5 Å². The van der Waals surface area contributed by atoms with Crippen molar-refractivity contribution in [2.75, 3.05) is 13.1 Å². The van der Waals surface area contributed by atoms with E-state index >= 15 is 0 Å². The summed E-state index contributed by atoms with van der Waals surface area (Å²) in [6.07, 6.45) is 7.04. The molecule has 21 heavy (non-hydrogen) atoms. The number of nitrogens with zero attached hydrogens (tertiary/aromatic N) is 3. The second-order valence-electron chi connectivity index (χ2n) is 5.32. The first-order valence-electron chi connectivity index (χ1n) is 7.72. The average molecular weight is 292 g/mol. The summed E-state index contributed by atoms with van der Waals surface area (Å²) in [6.45, 7) is 5.54. The summed E-state index contributed by atoms with van der Waals surface area (Å²) in [4.78, 5) is 22.2. The summed E-state index contributed by atoms with van der Waals surface area (Å²) >= 11 is 0. The molecule has 6 heteroatoms. The van der Waals surface area contributed by atoms with Crippen LogP contribution in [-0.2, 0) is 0 Å². The minimum atomic E-state index is -0.0337. The molecule has 1 aromatic heterocycles. The fourth-order valence-corrected chi connectivity index (χ4v) is 2.47. The van der Waals surface area contributed by atoms with Crippen LogP contribution in [0.25, 0.3) is 0 Å². The average Bonchev–Trinajstić information content (AvgIpc) is 2.53. The van der Waals surface area contributed by atoms with E-state index < -0.39 is 0 Å². The van der Waals surface area contributed by atoms with E-state index in [1.54, 1.807) is 18.5 Å². The van der Waals surface area contributed by atoms with Crippen LogP contribution in [0.15, 0.2) is 18.5 Å². The number of amides is 2. The molecule has 1 unspecified atom stereocenters. The molecule has 2 amide bonds. The van der Waals surface area contributed by atoms with Crippen LogP contribution in [0, 0.1) is 0 Å². The molecule has 2 rings (SSSR count). The van der Waals surface area contributed by atoms with Gasteiger partial charge in [-0.15, -0.1) is 0 Å². The number of urea groups is 1. The fraction of sp³-hybridized carbons (Fsp3) is 0.667. The largest absolute Gasteiger partial charge is 0.458 e. The minimum absolute atomic E-state index is 0.00554. The summed E-state index contributed by atoms with van der Waals surface area (Å²) in [5.74, 6) is 0. The molecule has 1 N–H and O–H groups in total. The zero-order chi connectivity index (χ0) is 15.1. The number of piperidine rings is 1. The summed E-state index contributed by atoms with van der Waals surface area (Å²) in [6, 6.07) is 2.38. The van der Waals surface area contributed by atoms with Crippen LogP contribution in [-0.4, -0.2) is 46.1 Å². The lowest BCUT2D eigenvalue weighted by Gasteiger charge is -2.33. The quantitative estimate of drug-likeness (QED) is 0.903. The Kier molecular flexibility index (Phi) is 5.78. The number of carbonyl (C=O) groups excluding carboxylic acids is 1.